The first kappa shape index (κ1) is 20.4. The second-order valence-corrected chi connectivity index (χ2v) is 10.7. The van der Waals surface area contributed by atoms with Gasteiger partial charge in [-0.1, -0.05) is 23.2 Å². The predicted octanol–water partition coefficient (Wildman–Crippen LogP) is 3.89. The first-order valence-corrected chi connectivity index (χ1v) is 11.9. The quantitative estimate of drug-likeness (QED) is 0.751. The van der Waals surface area contributed by atoms with Gasteiger partial charge in [-0.15, -0.1) is 0 Å². The maximum Gasteiger partial charge on any atom is 0.262 e. The van der Waals surface area contributed by atoms with Crippen LogP contribution in [0.15, 0.2) is 46.2 Å². The third-order valence-electron chi connectivity index (χ3n) is 4.29. The molecule has 0 unspecified atom stereocenters. The molecule has 1 fully saturated rings. The SMILES string of the molecule is Cc1cc(Cl)ccc1S(=O)(=O)Nc1ccc(Cl)c(S(=O)(=O)N2CCCC2)c1. The van der Waals surface area contributed by atoms with Gasteiger partial charge in [0.15, 0.2) is 0 Å². The maximum atomic E-state index is 12.8. The fraction of sp³-hybridized carbons (Fsp3) is 0.294. The number of hydrogen-bond acceptors (Lipinski definition) is 4. The Morgan fingerprint density at radius 3 is 2.22 bits per heavy atom. The molecule has 0 saturated carbocycles. The summed E-state index contributed by atoms with van der Waals surface area (Å²) in [4.78, 5) is -0.0510. The molecule has 0 atom stereocenters. The molecule has 1 aliphatic rings. The highest BCUT2D eigenvalue weighted by molar-refractivity contribution is 7.92. The van der Waals surface area contributed by atoms with Crippen LogP contribution in [0.5, 0.6) is 0 Å². The van der Waals surface area contributed by atoms with Crippen molar-refractivity contribution >= 4 is 48.9 Å². The molecule has 6 nitrogen and oxygen atoms in total. The Hall–Kier alpha value is -1.32. The molecule has 0 aliphatic carbocycles. The van der Waals surface area contributed by atoms with E-state index < -0.39 is 20.0 Å². The van der Waals surface area contributed by atoms with Crippen molar-refractivity contribution < 1.29 is 16.8 Å². The van der Waals surface area contributed by atoms with Crippen molar-refractivity contribution in [3.8, 4) is 0 Å². The molecule has 27 heavy (non-hydrogen) atoms. The zero-order valence-corrected chi connectivity index (χ0v) is 17.6. The lowest BCUT2D eigenvalue weighted by atomic mass is 10.2. The van der Waals surface area contributed by atoms with Gasteiger partial charge in [0.05, 0.1) is 15.6 Å². The van der Waals surface area contributed by atoms with Crippen LogP contribution < -0.4 is 4.72 Å². The molecule has 2 aromatic carbocycles. The van der Waals surface area contributed by atoms with E-state index in [1.807, 2.05) is 0 Å². The highest BCUT2D eigenvalue weighted by Gasteiger charge is 2.29. The van der Waals surface area contributed by atoms with Gasteiger partial charge in [-0.25, -0.2) is 16.8 Å². The monoisotopic (exact) mass is 448 g/mol. The van der Waals surface area contributed by atoms with Crippen molar-refractivity contribution in [3.05, 3.63) is 52.0 Å². The Labute approximate surface area is 169 Å². The Morgan fingerprint density at radius 2 is 1.59 bits per heavy atom. The van der Waals surface area contributed by atoms with Gasteiger partial charge < -0.3 is 0 Å². The summed E-state index contributed by atoms with van der Waals surface area (Å²) in [7, 11) is -7.69. The van der Waals surface area contributed by atoms with Crippen LogP contribution in [-0.4, -0.2) is 34.2 Å². The largest absolute Gasteiger partial charge is 0.280 e. The number of halogens is 2. The molecule has 10 heteroatoms. The number of nitrogens with zero attached hydrogens (tertiary/aromatic N) is 1. The van der Waals surface area contributed by atoms with Crippen molar-refractivity contribution in [3.63, 3.8) is 0 Å². The number of rotatable bonds is 5. The van der Waals surface area contributed by atoms with Crippen molar-refractivity contribution in [2.75, 3.05) is 17.8 Å². The Bertz CT molecular complexity index is 1080. The van der Waals surface area contributed by atoms with Crippen molar-refractivity contribution in [2.45, 2.75) is 29.6 Å². The fourth-order valence-corrected chi connectivity index (χ4v) is 6.48. The summed E-state index contributed by atoms with van der Waals surface area (Å²) in [5.41, 5.74) is 0.598. The molecule has 1 saturated heterocycles. The second kappa shape index (κ2) is 7.60. The van der Waals surface area contributed by atoms with Gasteiger partial charge in [0.1, 0.15) is 4.90 Å². The van der Waals surface area contributed by atoms with E-state index in [4.69, 9.17) is 23.2 Å². The summed E-state index contributed by atoms with van der Waals surface area (Å²) < 4.78 is 54.7. The third kappa shape index (κ3) is 4.25. The van der Waals surface area contributed by atoms with Crippen LogP contribution >= 0.6 is 23.2 Å². The molecular weight excluding hydrogens is 431 g/mol. The minimum Gasteiger partial charge on any atom is -0.280 e. The van der Waals surface area contributed by atoms with Crippen LogP contribution in [0.25, 0.3) is 0 Å². The Balaban J connectivity index is 1.96. The first-order valence-electron chi connectivity index (χ1n) is 8.20. The summed E-state index contributed by atoms with van der Waals surface area (Å²) in [5.74, 6) is 0. The van der Waals surface area contributed by atoms with Crippen LogP contribution in [-0.2, 0) is 20.0 Å². The number of sulfonamides is 2. The van der Waals surface area contributed by atoms with Gasteiger partial charge in [0.2, 0.25) is 10.0 Å². The number of hydrogen-bond donors (Lipinski definition) is 1. The molecule has 1 heterocycles. The minimum atomic E-state index is -3.92. The zero-order chi connectivity index (χ0) is 19.8. The van der Waals surface area contributed by atoms with Crippen LogP contribution in [0.4, 0.5) is 5.69 Å². The first-order chi connectivity index (χ1) is 12.6. The van der Waals surface area contributed by atoms with E-state index in [-0.39, 0.29) is 20.5 Å². The second-order valence-electron chi connectivity index (χ2n) is 6.27. The summed E-state index contributed by atoms with van der Waals surface area (Å²) in [5, 5.41) is 0.476. The summed E-state index contributed by atoms with van der Waals surface area (Å²) in [6, 6.07) is 8.47. The zero-order valence-electron chi connectivity index (χ0n) is 14.4. The molecule has 0 amide bonds. The molecule has 2 aromatic rings. The number of aryl methyl sites for hydroxylation is 1. The summed E-state index contributed by atoms with van der Waals surface area (Å²) in [6.07, 6.45) is 1.58. The average molecular weight is 449 g/mol. The van der Waals surface area contributed by atoms with E-state index in [2.05, 4.69) is 4.72 Å². The highest BCUT2D eigenvalue weighted by atomic mass is 35.5. The molecule has 0 aromatic heterocycles. The van der Waals surface area contributed by atoms with Crippen molar-refractivity contribution in [2.24, 2.45) is 0 Å². The van der Waals surface area contributed by atoms with E-state index in [9.17, 15) is 16.8 Å². The lowest BCUT2D eigenvalue weighted by Crippen LogP contribution is -2.28. The van der Waals surface area contributed by atoms with E-state index >= 15 is 0 Å². The van der Waals surface area contributed by atoms with Crippen LogP contribution in [0.2, 0.25) is 10.0 Å². The summed E-state index contributed by atoms with van der Waals surface area (Å²) >= 11 is 12.0. The topological polar surface area (TPSA) is 83.5 Å². The van der Waals surface area contributed by atoms with E-state index in [1.165, 1.54) is 34.6 Å². The highest BCUT2D eigenvalue weighted by Crippen LogP contribution is 2.31. The van der Waals surface area contributed by atoms with Gasteiger partial charge in [-0.2, -0.15) is 4.31 Å². The van der Waals surface area contributed by atoms with E-state index in [0.29, 0.717) is 23.7 Å². The van der Waals surface area contributed by atoms with Gasteiger partial charge >= 0.3 is 0 Å². The molecule has 1 N–H and O–H groups in total. The van der Waals surface area contributed by atoms with Crippen molar-refractivity contribution in [1.29, 1.82) is 0 Å². The average Bonchev–Trinajstić information content (AvgIpc) is 3.11. The minimum absolute atomic E-state index is 0.0486. The molecule has 146 valence electrons. The van der Waals surface area contributed by atoms with Crippen molar-refractivity contribution in [1.82, 2.24) is 4.31 Å². The molecule has 1 aliphatic heterocycles. The lowest BCUT2D eigenvalue weighted by Gasteiger charge is -2.18. The molecule has 3 rings (SSSR count). The molecule has 0 bridgehead atoms. The normalized spacial score (nSPS) is 15.8. The van der Waals surface area contributed by atoms with Gasteiger partial charge in [-0.3, -0.25) is 4.72 Å². The maximum absolute atomic E-state index is 12.8. The fourth-order valence-electron chi connectivity index (χ4n) is 2.96. The molecular formula is C17H18Cl2N2O4S2. The molecule has 0 radical (unpaired) electrons. The van der Waals surface area contributed by atoms with Gasteiger partial charge in [0.25, 0.3) is 10.0 Å². The Morgan fingerprint density at radius 1 is 0.926 bits per heavy atom. The van der Waals surface area contributed by atoms with Gasteiger partial charge in [0, 0.05) is 18.1 Å². The predicted molar refractivity (Wildman–Crippen MR) is 106 cm³/mol. The third-order valence-corrected chi connectivity index (χ3v) is 8.45. The molecule has 0 spiro atoms. The Kier molecular flexibility index (Phi) is 5.74. The summed E-state index contributed by atoms with van der Waals surface area (Å²) in [6.45, 7) is 2.49. The standard InChI is InChI=1S/C17H18Cl2N2O4S2/c1-12-10-13(18)4-7-16(12)26(22,23)20-14-5-6-15(19)17(11-14)27(24,25)21-8-2-3-9-21/h4-7,10-11,20H,2-3,8-9H2,1H3. The number of benzene rings is 2. The van der Waals surface area contributed by atoms with Gasteiger partial charge in [-0.05, 0) is 61.7 Å². The lowest BCUT2D eigenvalue weighted by molar-refractivity contribution is 0.477. The number of anilines is 1. The van der Waals surface area contributed by atoms with Crippen LogP contribution in [0, 0.1) is 6.92 Å². The number of nitrogens with one attached hydrogen (secondary N) is 1. The smallest absolute Gasteiger partial charge is 0.262 e. The van der Waals surface area contributed by atoms with Crippen LogP contribution in [0.3, 0.4) is 0 Å². The van der Waals surface area contributed by atoms with E-state index in [0.717, 1.165) is 12.8 Å². The van der Waals surface area contributed by atoms with E-state index in [1.54, 1.807) is 13.0 Å². The van der Waals surface area contributed by atoms with Crippen LogP contribution in [0.1, 0.15) is 18.4 Å².